The number of piperazine rings is 1. The van der Waals surface area contributed by atoms with Crippen molar-refractivity contribution in [3.63, 3.8) is 0 Å². The molecule has 2 bridgehead atoms. The molecule has 0 saturated carbocycles. The van der Waals surface area contributed by atoms with E-state index < -0.39 is 6.17 Å². The van der Waals surface area contributed by atoms with Crippen LogP contribution in [0, 0.1) is 0 Å². The maximum Gasteiger partial charge on any atom is 0.319 e. The number of hydrogen-bond acceptors (Lipinski definition) is 9. The zero-order valence-corrected chi connectivity index (χ0v) is 24.3. The minimum atomic E-state index is -0.828. The minimum absolute atomic E-state index is 0.0211. The number of phenolic OH excluding ortho intramolecular Hbond substituents is 1. The van der Waals surface area contributed by atoms with Gasteiger partial charge in [-0.1, -0.05) is 25.1 Å². The number of rotatable bonds is 4. The van der Waals surface area contributed by atoms with Gasteiger partial charge in [0.25, 0.3) is 0 Å². The molecule has 3 unspecified atom stereocenters. The van der Waals surface area contributed by atoms with Crippen LogP contribution in [0.15, 0.2) is 30.3 Å². The van der Waals surface area contributed by atoms with E-state index in [2.05, 4.69) is 28.1 Å². The van der Waals surface area contributed by atoms with E-state index in [4.69, 9.17) is 25.4 Å². The second-order valence-electron chi connectivity index (χ2n) is 13.4. The number of pyridine rings is 1. The first-order valence-corrected chi connectivity index (χ1v) is 15.7. The summed E-state index contributed by atoms with van der Waals surface area (Å²) in [6.45, 7) is 5.57. The van der Waals surface area contributed by atoms with Crippen molar-refractivity contribution in [3.05, 3.63) is 41.5 Å². The Morgan fingerprint density at radius 2 is 1.95 bits per heavy atom. The van der Waals surface area contributed by atoms with Gasteiger partial charge in [0.15, 0.2) is 0 Å². The second kappa shape index (κ2) is 9.12. The maximum absolute atomic E-state index is 14.5. The van der Waals surface area contributed by atoms with Crippen LogP contribution in [0.5, 0.6) is 11.8 Å². The van der Waals surface area contributed by atoms with Crippen LogP contribution in [0.2, 0.25) is 0 Å². The van der Waals surface area contributed by atoms with Crippen molar-refractivity contribution < 1.29 is 14.2 Å². The molecule has 0 radical (unpaired) electrons. The van der Waals surface area contributed by atoms with E-state index in [9.17, 15) is 9.50 Å². The number of anilines is 2. The van der Waals surface area contributed by atoms with Crippen LogP contribution < -0.4 is 20.7 Å². The van der Waals surface area contributed by atoms with E-state index in [0.717, 1.165) is 95.2 Å². The van der Waals surface area contributed by atoms with Crippen LogP contribution in [0.3, 0.4) is 0 Å². The summed E-state index contributed by atoms with van der Waals surface area (Å²) in [6.07, 6.45) is 3.91. The highest BCUT2D eigenvalue weighted by Crippen LogP contribution is 2.50. The van der Waals surface area contributed by atoms with Gasteiger partial charge in [-0.3, -0.25) is 4.90 Å². The second-order valence-corrected chi connectivity index (χ2v) is 13.4. The fourth-order valence-corrected chi connectivity index (χ4v) is 8.88. The van der Waals surface area contributed by atoms with Crippen LogP contribution >= 0.6 is 0 Å². The summed E-state index contributed by atoms with van der Waals surface area (Å²) in [5, 5.41) is 17.2. The number of fused-ring (bicyclic) bond motifs is 7. The lowest BCUT2D eigenvalue weighted by Gasteiger charge is -2.35. The SMILES string of the molecule is CC1c2c(nc(N)c3c(N4CC5CCC(C4)N5)nc(OC[C@@]45CCCN4C[C@H](F)C5)nc23)-c2cc(O)cc3cccc1c23. The Morgan fingerprint density at radius 1 is 1.12 bits per heavy atom. The summed E-state index contributed by atoms with van der Waals surface area (Å²) in [5.74, 6) is 1.30. The van der Waals surface area contributed by atoms with E-state index in [1.54, 1.807) is 12.1 Å². The molecule has 0 amide bonds. The summed E-state index contributed by atoms with van der Waals surface area (Å²) < 4.78 is 21.0. The third-order valence-electron chi connectivity index (χ3n) is 10.8. The zero-order chi connectivity index (χ0) is 29.0. The van der Waals surface area contributed by atoms with Crippen molar-refractivity contribution in [1.29, 1.82) is 0 Å². The number of nitrogens with two attached hydrogens (primary N) is 1. The molecule has 10 heteroatoms. The Bertz CT molecular complexity index is 1800. The van der Waals surface area contributed by atoms with Gasteiger partial charge in [-0.2, -0.15) is 9.97 Å². The van der Waals surface area contributed by atoms with E-state index in [1.807, 2.05) is 12.1 Å². The number of aromatic nitrogens is 3. The van der Waals surface area contributed by atoms with Crippen molar-refractivity contribution in [2.75, 3.05) is 43.4 Å². The first-order chi connectivity index (χ1) is 20.9. The molecule has 9 rings (SSSR count). The van der Waals surface area contributed by atoms with E-state index in [0.29, 0.717) is 43.5 Å². The van der Waals surface area contributed by atoms with Crippen molar-refractivity contribution in [1.82, 2.24) is 25.2 Å². The van der Waals surface area contributed by atoms with Crippen molar-refractivity contribution in [2.45, 2.75) is 68.7 Å². The Morgan fingerprint density at radius 3 is 2.79 bits per heavy atom. The number of ether oxygens (including phenoxy) is 1. The van der Waals surface area contributed by atoms with Crippen LogP contribution in [-0.2, 0) is 0 Å². The lowest BCUT2D eigenvalue weighted by molar-refractivity contribution is 0.107. The highest BCUT2D eigenvalue weighted by atomic mass is 19.1. The Hall–Kier alpha value is -3.76. The first kappa shape index (κ1) is 25.7. The van der Waals surface area contributed by atoms with E-state index >= 15 is 0 Å². The Kier molecular flexibility index (Phi) is 5.46. The fourth-order valence-electron chi connectivity index (χ4n) is 8.88. The average Bonchev–Trinajstić information content (AvgIpc) is 3.64. The van der Waals surface area contributed by atoms with Crippen molar-refractivity contribution in [2.24, 2.45) is 0 Å². The van der Waals surface area contributed by atoms with E-state index in [-0.39, 0.29) is 17.2 Å². The normalized spacial score (nSPS) is 29.4. The van der Waals surface area contributed by atoms with Gasteiger partial charge >= 0.3 is 6.01 Å². The predicted octanol–water partition coefficient (Wildman–Crippen LogP) is 4.49. The number of nitrogens with one attached hydrogen (secondary N) is 1. The number of nitrogens with zero attached hydrogens (tertiary/aromatic N) is 5. The van der Waals surface area contributed by atoms with Gasteiger partial charge in [-0.05, 0) is 60.7 Å². The summed E-state index contributed by atoms with van der Waals surface area (Å²) in [6, 6.07) is 10.9. The molecule has 222 valence electrons. The summed E-state index contributed by atoms with van der Waals surface area (Å²) in [4.78, 5) is 19.7. The Balaban J connectivity index is 1.24. The largest absolute Gasteiger partial charge is 0.508 e. The lowest BCUT2D eigenvalue weighted by Crippen LogP contribution is -2.51. The molecule has 1 aliphatic carbocycles. The summed E-state index contributed by atoms with van der Waals surface area (Å²) in [7, 11) is 0. The zero-order valence-electron chi connectivity index (χ0n) is 24.3. The molecule has 5 atom stereocenters. The van der Waals surface area contributed by atoms with Crippen molar-refractivity contribution >= 4 is 33.3 Å². The smallest absolute Gasteiger partial charge is 0.319 e. The molecule has 4 aliphatic heterocycles. The fraction of sp³-hybridized carbons (Fsp3) is 0.485. The topological polar surface area (TPSA) is 113 Å². The third-order valence-corrected chi connectivity index (χ3v) is 10.8. The number of halogens is 1. The lowest BCUT2D eigenvalue weighted by atomic mass is 9.79. The van der Waals surface area contributed by atoms with Gasteiger partial charge in [0.1, 0.15) is 30.2 Å². The number of phenols is 1. The predicted molar refractivity (Wildman–Crippen MR) is 165 cm³/mol. The average molecular weight is 582 g/mol. The molecule has 4 N–H and O–H groups in total. The molecule has 9 nitrogen and oxygen atoms in total. The van der Waals surface area contributed by atoms with Crippen LogP contribution in [0.25, 0.3) is 32.9 Å². The standard InChI is InChI=1S/C33H36FN7O2/c1-17-23-5-2-4-18-10-22(42)11-24(26(18)23)28-25(17)29-27(30(35)37-28)31(40-14-20-6-7-21(15-40)36-20)39-32(38-29)43-16-33-8-3-9-41(33)13-19(34)12-33/h2,4-5,10-11,17,19-21,36,42H,3,6-9,12-16H2,1H3,(H2,35,37)/t17?,19-,20?,21?,33+/m1/s1. The maximum atomic E-state index is 14.5. The number of aromatic hydroxyl groups is 1. The Labute approximate surface area is 249 Å². The molecular formula is C33H36FN7O2. The number of hydrogen-bond donors (Lipinski definition) is 3. The van der Waals surface area contributed by atoms with Gasteiger partial charge in [-0.25, -0.2) is 9.37 Å². The molecule has 4 saturated heterocycles. The van der Waals surface area contributed by atoms with E-state index in [1.165, 1.54) is 0 Å². The molecular weight excluding hydrogens is 545 g/mol. The summed E-state index contributed by atoms with van der Waals surface area (Å²) in [5.41, 5.74) is 11.0. The van der Waals surface area contributed by atoms with Gasteiger partial charge in [0.05, 0.1) is 22.1 Å². The number of nitrogen functional groups attached to an aromatic ring is 1. The van der Waals surface area contributed by atoms with Crippen LogP contribution in [-0.4, -0.2) is 81.5 Å². The highest BCUT2D eigenvalue weighted by Gasteiger charge is 2.49. The molecule has 43 heavy (non-hydrogen) atoms. The molecule has 5 aliphatic rings. The summed E-state index contributed by atoms with van der Waals surface area (Å²) >= 11 is 0. The first-order valence-electron chi connectivity index (χ1n) is 15.7. The quantitative estimate of drug-likeness (QED) is 0.321. The molecule has 4 aromatic rings. The van der Waals surface area contributed by atoms with Crippen molar-refractivity contribution in [3.8, 4) is 23.0 Å². The number of alkyl halides is 1. The highest BCUT2D eigenvalue weighted by molar-refractivity contribution is 6.09. The van der Waals surface area contributed by atoms with Crippen LogP contribution in [0.1, 0.15) is 56.1 Å². The monoisotopic (exact) mass is 581 g/mol. The molecule has 6 heterocycles. The van der Waals surface area contributed by atoms with Gasteiger partial charge in [0, 0.05) is 55.2 Å². The molecule has 0 spiro atoms. The van der Waals surface area contributed by atoms with Gasteiger partial charge < -0.3 is 25.8 Å². The molecule has 2 aromatic heterocycles. The molecule has 2 aromatic carbocycles. The third kappa shape index (κ3) is 3.78. The van der Waals surface area contributed by atoms with Crippen LogP contribution in [0.4, 0.5) is 16.0 Å². The minimum Gasteiger partial charge on any atom is -0.508 e. The number of benzene rings is 2. The van der Waals surface area contributed by atoms with Gasteiger partial charge in [-0.15, -0.1) is 0 Å². The molecule has 4 fully saturated rings. The van der Waals surface area contributed by atoms with Gasteiger partial charge in [0.2, 0.25) is 0 Å².